The Kier molecular flexibility index (Phi) is 4.54. The van der Waals surface area contributed by atoms with Gasteiger partial charge >= 0.3 is 23.8 Å². The minimum Gasteiger partial charge on any atom is -0.478 e. The van der Waals surface area contributed by atoms with Gasteiger partial charge < -0.3 is 21.7 Å². The molecule has 0 amide bonds. The molecule has 0 aliphatic rings. The van der Waals surface area contributed by atoms with Crippen molar-refractivity contribution in [2.75, 3.05) is 11.5 Å². The van der Waals surface area contributed by atoms with Crippen LogP contribution in [0.4, 0.5) is 28.9 Å². The number of anilines is 2. The van der Waals surface area contributed by atoms with Crippen molar-refractivity contribution in [3.63, 3.8) is 0 Å². The lowest BCUT2D eigenvalue weighted by Gasteiger charge is -2.28. The predicted molar refractivity (Wildman–Crippen MR) is 83.4 cm³/mol. The maximum Gasteiger partial charge on any atom is 0.339 e. The van der Waals surface area contributed by atoms with Crippen LogP contribution >= 0.6 is 0 Å². The molecule has 0 atom stereocenters. The lowest BCUT2D eigenvalue weighted by molar-refractivity contribution is -0.223. The highest BCUT2D eigenvalue weighted by molar-refractivity contribution is 5.94. The number of carbonyl (C=O) groups is 2. The SMILES string of the molecule is Nc1ccc(C(F)(F)C(F)(F)c2ccc(N)c(C(=O)O)c2)cc1C(=O)O. The van der Waals surface area contributed by atoms with Crippen LogP contribution in [0.25, 0.3) is 0 Å². The molecule has 6 nitrogen and oxygen atoms in total. The number of carboxylic acid groups (broad SMARTS) is 2. The number of hydrogen-bond donors (Lipinski definition) is 4. The van der Waals surface area contributed by atoms with Crippen molar-refractivity contribution in [3.05, 3.63) is 58.7 Å². The van der Waals surface area contributed by atoms with Gasteiger partial charge in [-0.05, 0) is 24.3 Å². The van der Waals surface area contributed by atoms with Crippen molar-refractivity contribution < 1.29 is 37.4 Å². The Bertz CT molecular complexity index is 826. The number of nitrogen functional groups attached to an aromatic ring is 2. The van der Waals surface area contributed by atoms with Crippen molar-refractivity contribution in [2.45, 2.75) is 11.8 Å². The number of aromatic carboxylic acids is 2. The summed E-state index contributed by atoms with van der Waals surface area (Å²) in [6.07, 6.45) is 0. The van der Waals surface area contributed by atoms with Gasteiger partial charge in [0.2, 0.25) is 0 Å². The largest absolute Gasteiger partial charge is 0.478 e. The number of carboxylic acids is 2. The molecule has 2 aromatic carbocycles. The summed E-state index contributed by atoms with van der Waals surface area (Å²) < 4.78 is 57.9. The molecule has 0 aliphatic heterocycles. The van der Waals surface area contributed by atoms with E-state index in [0.717, 1.165) is 12.1 Å². The average Bonchev–Trinajstić information content (AvgIpc) is 2.54. The second-order valence-electron chi connectivity index (χ2n) is 5.36. The average molecular weight is 372 g/mol. The third-order valence-electron chi connectivity index (χ3n) is 3.69. The summed E-state index contributed by atoms with van der Waals surface area (Å²) >= 11 is 0. The normalized spacial score (nSPS) is 12.0. The molecule has 0 saturated carbocycles. The van der Waals surface area contributed by atoms with E-state index in [1.54, 1.807) is 0 Å². The monoisotopic (exact) mass is 372 g/mol. The zero-order valence-electron chi connectivity index (χ0n) is 12.8. The van der Waals surface area contributed by atoms with Crippen LogP contribution in [-0.4, -0.2) is 22.2 Å². The van der Waals surface area contributed by atoms with Gasteiger partial charge in [0, 0.05) is 22.5 Å². The van der Waals surface area contributed by atoms with E-state index < -0.39 is 46.0 Å². The number of nitrogens with two attached hydrogens (primary N) is 2. The van der Waals surface area contributed by atoms with Crippen molar-refractivity contribution in [3.8, 4) is 0 Å². The third-order valence-corrected chi connectivity index (χ3v) is 3.69. The molecule has 0 unspecified atom stereocenters. The molecule has 10 heteroatoms. The Morgan fingerprint density at radius 2 is 1.04 bits per heavy atom. The van der Waals surface area contributed by atoms with Crippen LogP contribution in [0.15, 0.2) is 36.4 Å². The van der Waals surface area contributed by atoms with E-state index >= 15 is 0 Å². The quantitative estimate of drug-likeness (QED) is 0.472. The van der Waals surface area contributed by atoms with E-state index in [2.05, 4.69) is 0 Å². The third kappa shape index (κ3) is 3.01. The Morgan fingerprint density at radius 1 is 0.731 bits per heavy atom. The Balaban J connectivity index is 2.60. The van der Waals surface area contributed by atoms with E-state index in [4.69, 9.17) is 21.7 Å². The molecule has 6 N–H and O–H groups in total. The van der Waals surface area contributed by atoms with Gasteiger partial charge in [-0.1, -0.05) is 12.1 Å². The molecular weight excluding hydrogens is 360 g/mol. The fourth-order valence-corrected chi connectivity index (χ4v) is 2.24. The first-order chi connectivity index (χ1) is 11.9. The van der Waals surface area contributed by atoms with Crippen molar-refractivity contribution in [2.24, 2.45) is 0 Å². The van der Waals surface area contributed by atoms with E-state index in [0.29, 0.717) is 24.3 Å². The van der Waals surface area contributed by atoms with Gasteiger partial charge in [-0.2, -0.15) is 17.6 Å². The van der Waals surface area contributed by atoms with E-state index in [-0.39, 0.29) is 11.4 Å². The molecule has 0 aliphatic carbocycles. The molecule has 2 rings (SSSR count). The Morgan fingerprint density at radius 3 is 1.31 bits per heavy atom. The first-order valence-corrected chi connectivity index (χ1v) is 6.91. The summed E-state index contributed by atoms with van der Waals surface area (Å²) in [5.41, 5.74) is 5.81. The molecule has 138 valence electrons. The highest BCUT2D eigenvalue weighted by Crippen LogP contribution is 2.50. The minimum absolute atomic E-state index is 0.348. The fourth-order valence-electron chi connectivity index (χ4n) is 2.24. The summed E-state index contributed by atoms with van der Waals surface area (Å²) in [4.78, 5) is 22.0. The zero-order valence-corrected chi connectivity index (χ0v) is 12.8. The van der Waals surface area contributed by atoms with Crippen LogP contribution in [0.1, 0.15) is 31.8 Å². The standard InChI is InChI=1S/C16H12F4N2O4/c17-15(18,7-1-3-11(21)9(5-7)13(23)24)16(19,20)8-2-4-12(22)10(6-8)14(25)26/h1-6H,21-22H2,(H,23,24)(H,25,26). The van der Waals surface area contributed by atoms with Gasteiger partial charge in [0.05, 0.1) is 11.1 Å². The molecular formula is C16H12F4N2O4. The summed E-state index contributed by atoms with van der Waals surface area (Å²) in [5, 5.41) is 17.8. The molecule has 26 heavy (non-hydrogen) atoms. The van der Waals surface area contributed by atoms with Crippen LogP contribution in [0.5, 0.6) is 0 Å². The molecule has 0 saturated heterocycles. The smallest absolute Gasteiger partial charge is 0.339 e. The van der Waals surface area contributed by atoms with Gasteiger partial charge in [0.25, 0.3) is 0 Å². The van der Waals surface area contributed by atoms with E-state index in [9.17, 15) is 27.2 Å². The first kappa shape index (κ1) is 19.0. The number of alkyl halides is 4. The van der Waals surface area contributed by atoms with Crippen LogP contribution in [0.3, 0.4) is 0 Å². The summed E-state index contributed by atoms with van der Waals surface area (Å²) in [6.45, 7) is 0. The lowest BCUT2D eigenvalue weighted by Crippen LogP contribution is -2.36. The number of rotatable bonds is 5. The molecule has 0 radical (unpaired) electrons. The fraction of sp³-hybridized carbons (Fsp3) is 0.125. The second kappa shape index (κ2) is 6.21. The molecule has 0 bridgehead atoms. The van der Waals surface area contributed by atoms with E-state index in [1.165, 1.54) is 0 Å². The number of hydrogen-bond acceptors (Lipinski definition) is 4. The van der Waals surface area contributed by atoms with Gasteiger partial charge in [-0.3, -0.25) is 0 Å². The van der Waals surface area contributed by atoms with E-state index in [1.807, 2.05) is 0 Å². The highest BCUT2D eigenvalue weighted by Gasteiger charge is 2.58. The van der Waals surface area contributed by atoms with Crippen molar-refractivity contribution in [1.82, 2.24) is 0 Å². The van der Waals surface area contributed by atoms with Gasteiger partial charge in [-0.15, -0.1) is 0 Å². The van der Waals surface area contributed by atoms with Crippen molar-refractivity contribution in [1.29, 1.82) is 0 Å². The molecule has 2 aromatic rings. The van der Waals surface area contributed by atoms with Gasteiger partial charge in [0.1, 0.15) is 0 Å². The summed E-state index contributed by atoms with van der Waals surface area (Å²) in [5.74, 6) is -13.0. The molecule has 0 heterocycles. The first-order valence-electron chi connectivity index (χ1n) is 6.91. The van der Waals surface area contributed by atoms with Crippen LogP contribution in [0, 0.1) is 0 Å². The zero-order chi connectivity index (χ0) is 19.9. The van der Waals surface area contributed by atoms with Crippen molar-refractivity contribution >= 4 is 23.3 Å². The molecule has 0 aromatic heterocycles. The lowest BCUT2D eigenvalue weighted by atomic mass is 9.93. The minimum atomic E-state index is -4.85. The number of benzene rings is 2. The molecule has 0 fully saturated rings. The van der Waals surface area contributed by atoms with Crippen LogP contribution in [0.2, 0.25) is 0 Å². The number of halogens is 4. The Hall–Kier alpha value is -3.30. The van der Waals surface area contributed by atoms with Crippen LogP contribution < -0.4 is 11.5 Å². The molecule has 0 spiro atoms. The topological polar surface area (TPSA) is 127 Å². The highest BCUT2D eigenvalue weighted by atomic mass is 19.3. The predicted octanol–water partition coefficient (Wildman–Crippen LogP) is 3.13. The Labute approximate surface area is 143 Å². The van der Waals surface area contributed by atoms with Gasteiger partial charge in [-0.25, -0.2) is 9.59 Å². The van der Waals surface area contributed by atoms with Gasteiger partial charge in [0.15, 0.2) is 0 Å². The summed E-state index contributed by atoms with van der Waals surface area (Å²) in [7, 11) is 0. The van der Waals surface area contributed by atoms with Crippen LogP contribution in [-0.2, 0) is 11.8 Å². The maximum atomic E-state index is 14.5. The second-order valence-corrected chi connectivity index (χ2v) is 5.36. The maximum absolute atomic E-state index is 14.5. The summed E-state index contributed by atoms with van der Waals surface area (Å²) in [6, 6.07) is 3.39.